The van der Waals surface area contributed by atoms with E-state index in [2.05, 4.69) is 61.6 Å². The van der Waals surface area contributed by atoms with Gasteiger partial charge in [0.15, 0.2) is 0 Å². The van der Waals surface area contributed by atoms with Gasteiger partial charge in [-0.2, -0.15) is 0 Å². The molecule has 0 aliphatic heterocycles. The molecule has 0 saturated carbocycles. The molecule has 0 bridgehead atoms. The van der Waals surface area contributed by atoms with E-state index in [0.717, 1.165) is 6.42 Å². The van der Waals surface area contributed by atoms with Crippen LogP contribution in [-0.4, -0.2) is 13.8 Å². The van der Waals surface area contributed by atoms with Crippen LogP contribution in [0.3, 0.4) is 0 Å². The lowest BCUT2D eigenvalue weighted by atomic mass is 10.0. The van der Waals surface area contributed by atoms with Crippen molar-refractivity contribution >= 4 is 52.5 Å². The van der Waals surface area contributed by atoms with Crippen LogP contribution in [0.5, 0.6) is 0 Å². The Kier molecular flexibility index (Phi) is 5.58. The lowest BCUT2D eigenvalue weighted by Crippen LogP contribution is -2.35. The topological polar surface area (TPSA) is 17.1 Å². The zero-order valence-corrected chi connectivity index (χ0v) is 12.2. The molecule has 0 N–H and O–H groups in total. The smallest absolute Gasteiger partial charge is 0.215 e. The second-order valence-electron chi connectivity index (χ2n) is 3.45. The number of carbonyl (C=O) groups excluding carboxylic acids is 1. The summed E-state index contributed by atoms with van der Waals surface area (Å²) in [5.74, 6) is 0.582. The summed E-state index contributed by atoms with van der Waals surface area (Å²) in [7, 11) is 0. The third-order valence-electron chi connectivity index (χ3n) is 1.65. The maximum Gasteiger partial charge on any atom is 0.215 e. The first-order valence-electron chi connectivity index (χ1n) is 3.81. The SMILES string of the molecule is CC(C)CC(Br)C(C)(Br)C(=O)Br. The molecule has 0 aliphatic rings. The average Bonchev–Trinajstić information content (AvgIpc) is 1.85. The van der Waals surface area contributed by atoms with Gasteiger partial charge in [0, 0.05) is 4.83 Å². The van der Waals surface area contributed by atoms with Gasteiger partial charge >= 0.3 is 0 Å². The molecule has 0 aromatic rings. The third-order valence-corrected chi connectivity index (χ3v) is 5.82. The van der Waals surface area contributed by atoms with Crippen molar-refractivity contribution in [2.45, 2.75) is 36.3 Å². The second kappa shape index (κ2) is 5.11. The maximum atomic E-state index is 11.1. The summed E-state index contributed by atoms with van der Waals surface area (Å²) >= 11 is 9.87. The Balaban J connectivity index is 4.25. The van der Waals surface area contributed by atoms with Gasteiger partial charge in [-0.1, -0.05) is 45.7 Å². The molecule has 0 aromatic heterocycles. The number of rotatable bonds is 4. The van der Waals surface area contributed by atoms with Crippen molar-refractivity contribution in [1.29, 1.82) is 0 Å². The van der Waals surface area contributed by atoms with E-state index in [1.807, 2.05) is 6.92 Å². The summed E-state index contributed by atoms with van der Waals surface area (Å²) < 4.78 is -0.519. The van der Waals surface area contributed by atoms with Crippen LogP contribution >= 0.6 is 47.8 Å². The highest BCUT2D eigenvalue weighted by Gasteiger charge is 2.35. The summed E-state index contributed by atoms with van der Waals surface area (Å²) in [5, 5.41) is 0. The molecule has 0 rings (SSSR count). The van der Waals surface area contributed by atoms with Crippen molar-refractivity contribution in [2.24, 2.45) is 5.92 Å². The summed E-state index contributed by atoms with van der Waals surface area (Å²) in [4.78, 5) is 11.3. The van der Waals surface area contributed by atoms with Crippen LogP contribution in [0.2, 0.25) is 0 Å². The van der Waals surface area contributed by atoms with E-state index in [0.29, 0.717) is 5.92 Å². The van der Waals surface area contributed by atoms with E-state index in [-0.39, 0.29) is 9.52 Å². The summed E-state index contributed by atoms with van der Waals surface area (Å²) in [6.07, 6.45) is 0.971. The van der Waals surface area contributed by atoms with Crippen molar-refractivity contribution in [3.63, 3.8) is 0 Å². The van der Waals surface area contributed by atoms with E-state index in [1.54, 1.807) is 0 Å². The van der Waals surface area contributed by atoms with Crippen LogP contribution in [0, 0.1) is 5.92 Å². The van der Waals surface area contributed by atoms with Crippen molar-refractivity contribution in [3.8, 4) is 0 Å². The zero-order valence-electron chi connectivity index (χ0n) is 7.40. The fraction of sp³-hybridized carbons (Fsp3) is 0.875. The van der Waals surface area contributed by atoms with E-state index in [9.17, 15) is 4.79 Å². The molecule has 1 nitrogen and oxygen atoms in total. The normalized spacial score (nSPS) is 18.9. The minimum atomic E-state index is -0.503. The molecule has 0 spiro atoms. The molecule has 0 saturated heterocycles. The number of hydrogen-bond acceptors (Lipinski definition) is 1. The molecule has 0 aromatic carbocycles. The molecule has 0 amide bonds. The molecule has 2 unspecified atom stereocenters. The summed E-state index contributed by atoms with van der Waals surface area (Å²) in [6.45, 7) is 6.14. The van der Waals surface area contributed by atoms with Crippen molar-refractivity contribution in [3.05, 3.63) is 0 Å². The number of hydrogen-bond donors (Lipinski definition) is 0. The average molecular weight is 365 g/mol. The zero-order chi connectivity index (χ0) is 9.94. The third kappa shape index (κ3) is 3.88. The quantitative estimate of drug-likeness (QED) is 0.546. The van der Waals surface area contributed by atoms with E-state index in [4.69, 9.17) is 0 Å². The van der Waals surface area contributed by atoms with Gasteiger partial charge in [0.25, 0.3) is 0 Å². The molecular weight excluding hydrogens is 352 g/mol. The Morgan fingerprint density at radius 2 is 1.92 bits per heavy atom. The maximum absolute atomic E-state index is 11.1. The number of carbonyl (C=O) groups is 1. The minimum absolute atomic E-state index is 0.0162. The molecule has 0 radical (unpaired) electrons. The van der Waals surface area contributed by atoms with Gasteiger partial charge in [-0.15, -0.1) is 0 Å². The predicted octanol–water partition coefficient (Wildman–Crippen LogP) is 3.87. The lowest BCUT2D eigenvalue weighted by Gasteiger charge is -2.25. The van der Waals surface area contributed by atoms with Crippen LogP contribution in [0.1, 0.15) is 27.2 Å². The van der Waals surface area contributed by atoms with Crippen LogP contribution in [-0.2, 0) is 4.79 Å². The van der Waals surface area contributed by atoms with Gasteiger partial charge in [-0.3, -0.25) is 4.79 Å². The van der Waals surface area contributed by atoms with Gasteiger partial charge in [0.1, 0.15) is 4.32 Å². The Morgan fingerprint density at radius 3 is 2.17 bits per heavy atom. The van der Waals surface area contributed by atoms with Gasteiger partial charge in [-0.05, 0) is 35.2 Å². The van der Waals surface area contributed by atoms with E-state index < -0.39 is 4.32 Å². The van der Waals surface area contributed by atoms with Crippen LogP contribution < -0.4 is 0 Å². The second-order valence-corrected chi connectivity index (χ2v) is 6.92. The fourth-order valence-electron chi connectivity index (χ4n) is 0.758. The molecule has 72 valence electrons. The number of alkyl halides is 2. The minimum Gasteiger partial charge on any atom is -0.285 e. The predicted molar refractivity (Wildman–Crippen MR) is 63.4 cm³/mol. The first-order valence-corrected chi connectivity index (χ1v) is 6.31. The van der Waals surface area contributed by atoms with Gasteiger partial charge in [0.2, 0.25) is 4.69 Å². The number of halogens is 3. The first-order chi connectivity index (χ1) is 5.28. The van der Waals surface area contributed by atoms with Gasteiger partial charge in [-0.25, -0.2) is 0 Å². The molecule has 2 atom stereocenters. The Labute approximate surface area is 99.1 Å². The Bertz CT molecular complexity index is 166. The lowest BCUT2D eigenvalue weighted by molar-refractivity contribution is -0.111. The monoisotopic (exact) mass is 362 g/mol. The van der Waals surface area contributed by atoms with E-state index >= 15 is 0 Å². The van der Waals surface area contributed by atoms with Crippen LogP contribution in [0.4, 0.5) is 0 Å². The highest BCUT2D eigenvalue weighted by Crippen LogP contribution is 2.34. The molecular formula is C8H13Br3O. The van der Waals surface area contributed by atoms with Crippen molar-refractivity contribution < 1.29 is 4.79 Å². The molecule has 0 heterocycles. The van der Waals surface area contributed by atoms with Gasteiger partial charge < -0.3 is 0 Å². The Hall–Kier alpha value is 1.11. The summed E-state index contributed by atoms with van der Waals surface area (Å²) in [6, 6.07) is 0. The molecule has 0 fully saturated rings. The highest BCUT2D eigenvalue weighted by atomic mass is 79.9. The first kappa shape index (κ1) is 13.1. The van der Waals surface area contributed by atoms with E-state index in [1.165, 1.54) is 0 Å². The molecule has 12 heavy (non-hydrogen) atoms. The molecule has 4 heteroatoms. The largest absolute Gasteiger partial charge is 0.285 e. The summed E-state index contributed by atoms with van der Waals surface area (Å²) in [5.41, 5.74) is 0. The van der Waals surface area contributed by atoms with Crippen LogP contribution in [0.15, 0.2) is 0 Å². The Morgan fingerprint density at radius 1 is 1.50 bits per heavy atom. The van der Waals surface area contributed by atoms with Crippen molar-refractivity contribution in [1.82, 2.24) is 0 Å². The fourth-order valence-corrected chi connectivity index (χ4v) is 2.48. The highest BCUT2D eigenvalue weighted by molar-refractivity contribution is 9.20. The standard InChI is InChI=1S/C8H13Br3O/c1-5(2)4-6(9)8(3,11)7(10)12/h5-6H,4H2,1-3H3. The molecule has 0 aliphatic carbocycles. The van der Waals surface area contributed by atoms with Crippen LogP contribution in [0.25, 0.3) is 0 Å². The van der Waals surface area contributed by atoms with Gasteiger partial charge in [0.05, 0.1) is 0 Å². The van der Waals surface area contributed by atoms with Crippen molar-refractivity contribution in [2.75, 3.05) is 0 Å².